The molecule has 4 rings (SSSR count). The first-order chi connectivity index (χ1) is 12.1. The minimum Gasteiger partial charge on any atom is -0.338 e. The highest BCUT2D eigenvalue weighted by Gasteiger charge is 2.29. The Hall–Kier alpha value is -2.37. The number of halogens is 2. The smallest absolute Gasteiger partial charge is 0.252 e. The molecule has 1 unspecified atom stereocenters. The van der Waals surface area contributed by atoms with E-state index in [0.29, 0.717) is 27.5 Å². The number of fused-ring (bicyclic) bond motifs is 1. The van der Waals surface area contributed by atoms with E-state index in [-0.39, 0.29) is 6.04 Å². The fraction of sp³-hybridized carbons (Fsp3) is 0.167. The van der Waals surface area contributed by atoms with Crippen LogP contribution in [0.3, 0.4) is 0 Å². The van der Waals surface area contributed by atoms with Gasteiger partial charge in [0, 0.05) is 16.8 Å². The minimum atomic E-state index is 0.272. The minimum absolute atomic E-state index is 0.272. The molecule has 2 heterocycles. The molecular formula is C18H15Cl2N5. The first-order valence-corrected chi connectivity index (χ1v) is 8.66. The van der Waals surface area contributed by atoms with Crippen LogP contribution >= 0.6 is 23.2 Å². The summed E-state index contributed by atoms with van der Waals surface area (Å²) in [5.41, 5.74) is 3.13. The SMILES string of the molecule is CC1Cc2ccccc2N1c1nncc(Nc2ccc(Cl)cc2Cl)n1. The first-order valence-electron chi connectivity index (χ1n) is 7.91. The second-order valence-corrected chi connectivity index (χ2v) is 6.79. The van der Waals surface area contributed by atoms with Gasteiger partial charge in [0.15, 0.2) is 5.82 Å². The summed E-state index contributed by atoms with van der Waals surface area (Å²) in [5, 5.41) is 12.6. The highest BCUT2D eigenvalue weighted by atomic mass is 35.5. The highest BCUT2D eigenvalue weighted by Crippen LogP contribution is 2.36. The van der Waals surface area contributed by atoms with Crippen molar-refractivity contribution in [2.45, 2.75) is 19.4 Å². The summed E-state index contributed by atoms with van der Waals surface area (Å²) in [5.74, 6) is 1.14. The van der Waals surface area contributed by atoms with Gasteiger partial charge in [0.2, 0.25) is 0 Å². The Morgan fingerprint density at radius 3 is 2.84 bits per heavy atom. The molecule has 2 aromatic carbocycles. The molecule has 0 radical (unpaired) electrons. The number of aromatic nitrogens is 3. The van der Waals surface area contributed by atoms with E-state index in [1.165, 1.54) is 5.56 Å². The van der Waals surface area contributed by atoms with Crippen molar-refractivity contribution in [1.82, 2.24) is 15.2 Å². The molecule has 1 N–H and O–H groups in total. The molecule has 0 amide bonds. The van der Waals surface area contributed by atoms with Crippen LogP contribution in [-0.4, -0.2) is 21.2 Å². The Morgan fingerprint density at radius 2 is 2.00 bits per heavy atom. The van der Waals surface area contributed by atoms with E-state index >= 15 is 0 Å². The predicted octanol–water partition coefficient (Wildman–Crippen LogP) is 5.00. The molecule has 1 aromatic heterocycles. The number of para-hydroxylation sites is 1. The number of nitrogens with one attached hydrogen (secondary N) is 1. The van der Waals surface area contributed by atoms with Crippen LogP contribution in [0.5, 0.6) is 0 Å². The normalized spacial score (nSPS) is 16.0. The number of anilines is 4. The van der Waals surface area contributed by atoms with Crippen molar-refractivity contribution in [2.75, 3.05) is 10.2 Å². The number of hydrogen-bond donors (Lipinski definition) is 1. The Morgan fingerprint density at radius 1 is 1.16 bits per heavy atom. The van der Waals surface area contributed by atoms with E-state index in [1.54, 1.807) is 24.4 Å². The van der Waals surface area contributed by atoms with Gasteiger partial charge in [-0.2, -0.15) is 10.1 Å². The Kier molecular flexibility index (Phi) is 4.19. The lowest BCUT2D eigenvalue weighted by molar-refractivity contribution is 0.730. The highest BCUT2D eigenvalue weighted by molar-refractivity contribution is 6.36. The lowest BCUT2D eigenvalue weighted by Crippen LogP contribution is -2.26. The van der Waals surface area contributed by atoms with E-state index < -0.39 is 0 Å². The second-order valence-electron chi connectivity index (χ2n) is 5.94. The largest absolute Gasteiger partial charge is 0.338 e. The zero-order valence-electron chi connectivity index (χ0n) is 13.4. The Bertz CT molecular complexity index is 931. The lowest BCUT2D eigenvalue weighted by Gasteiger charge is -2.22. The summed E-state index contributed by atoms with van der Waals surface area (Å²) in [6, 6.07) is 13.8. The van der Waals surface area contributed by atoms with Gasteiger partial charge in [0.1, 0.15) is 0 Å². The second kappa shape index (κ2) is 6.50. The number of hydrogen-bond acceptors (Lipinski definition) is 5. The Balaban J connectivity index is 1.66. The fourth-order valence-corrected chi connectivity index (χ4v) is 3.51. The lowest BCUT2D eigenvalue weighted by atomic mass is 10.1. The van der Waals surface area contributed by atoms with E-state index in [2.05, 4.69) is 50.5 Å². The van der Waals surface area contributed by atoms with Crippen molar-refractivity contribution in [1.29, 1.82) is 0 Å². The third-order valence-corrected chi connectivity index (χ3v) is 4.71. The van der Waals surface area contributed by atoms with Gasteiger partial charge in [-0.25, -0.2) is 0 Å². The molecule has 0 fully saturated rings. The van der Waals surface area contributed by atoms with Crippen LogP contribution in [0, 0.1) is 0 Å². The summed E-state index contributed by atoms with van der Waals surface area (Å²) >= 11 is 12.2. The molecule has 25 heavy (non-hydrogen) atoms. The number of nitrogens with zero attached hydrogens (tertiary/aromatic N) is 4. The van der Waals surface area contributed by atoms with Gasteiger partial charge in [-0.05, 0) is 43.2 Å². The topological polar surface area (TPSA) is 53.9 Å². The third kappa shape index (κ3) is 3.13. The average Bonchev–Trinajstić information content (AvgIpc) is 2.93. The molecule has 0 aliphatic carbocycles. The molecule has 3 aromatic rings. The molecule has 0 bridgehead atoms. The third-order valence-electron chi connectivity index (χ3n) is 4.16. The number of benzene rings is 2. The fourth-order valence-electron chi connectivity index (χ4n) is 3.06. The molecule has 7 heteroatoms. The molecule has 1 atom stereocenters. The quantitative estimate of drug-likeness (QED) is 0.701. The van der Waals surface area contributed by atoms with Gasteiger partial charge in [0.25, 0.3) is 5.95 Å². The molecule has 1 aliphatic rings. The van der Waals surface area contributed by atoms with E-state index in [4.69, 9.17) is 23.2 Å². The van der Waals surface area contributed by atoms with Crippen LogP contribution in [-0.2, 0) is 6.42 Å². The molecule has 0 spiro atoms. The summed E-state index contributed by atoms with van der Waals surface area (Å²) in [4.78, 5) is 6.72. The Labute approximate surface area is 155 Å². The maximum absolute atomic E-state index is 6.22. The van der Waals surface area contributed by atoms with Crippen molar-refractivity contribution in [3.05, 3.63) is 64.3 Å². The van der Waals surface area contributed by atoms with E-state index in [0.717, 1.165) is 12.1 Å². The molecule has 126 valence electrons. The maximum Gasteiger partial charge on any atom is 0.252 e. The monoisotopic (exact) mass is 371 g/mol. The zero-order valence-corrected chi connectivity index (χ0v) is 15.0. The van der Waals surface area contributed by atoms with Crippen molar-refractivity contribution in [2.24, 2.45) is 0 Å². The standard InChI is InChI=1S/C18H15Cl2N5/c1-11-8-12-4-2-3-5-16(12)25(11)18-23-17(10-21-24-18)22-15-7-6-13(19)9-14(15)20/h2-7,9-11H,8H2,1H3,(H,22,23,24). The molecule has 1 aliphatic heterocycles. The van der Waals surface area contributed by atoms with Crippen molar-refractivity contribution in [3.63, 3.8) is 0 Å². The van der Waals surface area contributed by atoms with Gasteiger partial charge >= 0.3 is 0 Å². The van der Waals surface area contributed by atoms with Crippen LogP contribution in [0.2, 0.25) is 10.0 Å². The molecule has 5 nitrogen and oxygen atoms in total. The van der Waals surface area contributed by atoms with Crippen LogP contribution in [0.1, 0.15) is 12.5 Å². The van der Waals surface area contributed by atoms with Crippen LogP contribution in [0.25, 0.3) is 0 Å². The van der Waals surface area contributed by atoms with Gasteiger partial charge in [-0.1, -0.05) is 41.4 Å². The zero-order chi connectivity index (χ0) is 17.4. The van der Waals surface area contributed by atoms with Crippen molar-refractivity contribution >= 4 is 46.3 Å². The van der Waals surface area contributed by atoms with Crippen LogP contribution in [0.15, 0.2) is 48.7 Å². The number of rotatable bonds is 3. The summed E-state index contributed by atoms with van der Waals surface area (Å²) in [6.07, 6.45) is 2.53. The summed E-state index contributed by atoms with van der Waals surface area (Å²) in [6.45, 7) is 2.15. The van der Waals surface area contributed by atoms with Gasteiger partial charge < -0.3 is 10.2 Å². The first kappa shape index (κ1) is 16.1. The average molecular weight is 372 g/mol. The van der Waals surface area contributed by atoms with E-state index in [9.17, 15) is 0 Å². The van der Waals surface area contributed by atoms with Gasteiger partial charge in [-0.15, -0.1) is 5.10 Å². The summed E-state index contributed by atoms with van der Waals surface area (Å²) in [7, 11) is 0. The summed E-state index contributed by atoms with van der Waals surface area (Å²) < 4.78 is 0. The predicted molar refractivity (Wildman–Crippen MR) is 101 cm³/mol. The maximum atomic E-state index is 6.22. The van der Waals surface area contributed by atoms with Crippen molar-refractivity contribution < 1.29 is 0 Å². The molecule has 0 saturated carbocycles. The van der Waals surface area contributed by atoms with E-state index in [1.807, 2.05) is 6.07 Å². The van der Waals surface area contributed by atoms with Gasteiger partial charge in [-0.3, -0.25) is 0 Å². The molecule has 0 saturated heterocycles. The van der Waals surface area contributed by atoms with Gasteiger partial charge in [0.05, 0.1) is 16.9 Å². The van der Waals surface area contributed by atoms with Crippen molar-refractivity contribution in [3.8, 4) is 0 Å². The molecular weight excluding hydrogens is 357 g/mol. The van der Waals surface area contributed by atoms with Crippen LogP contribution in [0.4, 0.5) is 23.1 Å². The van der Waals surface area contributed by atoms with Crippen LogP contribution < -0.4 is 10.2 Å².